The fraction of sp³-hybridized carbons (Fsp3) is 0.100. The molecule has 7 heteroatoms. The van der Waals surface area contributed by atoms with Gasteiger partial charge >= 0.3 is 5.97 Å². The van der Waals surface area contributed by atoms with Crippen LogP contribution in [0.2, 0.25) is 0 Å². The summed E-state index contributed by atoms with van der Waals surface area (Å²) < 4.78 is 4.72. The lowest BCUT2D eigenvalue weighted by Gasteiger charge is -2.10. The van der Waals surface area contributed by atoms with Gasteiger partial charge < -0.3 is 15.4 Å². The number of rotatable bonds is 5. The van der Waals surface area contributed by atoms with Crippen molar-refractivity contribution < 1.29 is 14.3 Å². The zero-order valence-electron chi connectivity index (χ0n) is 14.9. The molecule has 7 nitrogen and oxygen atoms in total. The third kappa shape index (κ3) is 4.46. The number of para-hydroxylation sites is 1. The minimum atomic E-state index is -0.528. The Morgan fingerprint density at radius 2 is 1.74 bits per heavy atom. The van der Waals surface area contributed by atoms with Crippen molar-refractivity contribution in [1.29, 1.82) is 0 Å². The number of methoxy groups -OCH3 is 1. The molecule has 0 unspecified atom stereocenters. The summed E-state index contributed by atoms with van der Waals surface area (Å²) in [5, 5.41) is 5.76. The molecule has 0 aliphatic heterocycles. The van der Waals surface area contributed by atoms with Crippen LogP contribution in [-0.4, -0.2) is 29.0 Å². The second kappa shape index (κ2) is 8.09. The van der Waals surface area contributed by atoms with Gasteiger partial charge in [-0.05, 0) is 36.8 Å². The number of aromatic nitrogens is 2. The van der Waals surface area contributed by atoms with E-state index in [-0.39, 0.29) is 11.1 Å². The monoisotopic (exact) mass is 362 g/mol. The van der Waals surface area contributed by atoms with Crippen molar-refractivity contribution in [2.45, 2.75) is 6.92 Å². The van der Waals surface area contributed by atoms with E-state index in [2.05, 4.69) is 20.6 Å². The highest BCUT2D eigenvalue weighted by atomic mass is 16.5. The van der Waals surface area contributed by atoms with Gasteiger partial charge in [0.25, 0.3) is 5.91 Å². The number of ether oxygens (including phenoxy) is 1. The van der Waals surface area contributed by atoms with E-state index in [0.29, 0.717) is 11.6 Å². The summed E-state index contributed by atoms with van der Waals surface area (Å²) in [5.74, 6) is -0.569. The maximum absolute atomic E-state index is 12.4. The standard InChI is InChI=1S/C20H18N4O3/c1-13-6-5-7-15(10-13)23-20-21-11-14(12-22-20)18(25)24-17-9-4-3-8-16(17)19(26)27-2/h3-12H,1-2H3,(H,24,25)(H,21,22,23). The number of hydrogen-bond donors (Lipinski definition) is 2. The fourth-order valence-corrected chi connectivity index (χ4v) is 2.44. The first kappa shape index (κ1) is 18.1. The Balaban J connectivity index is 1.72. The smallest absolute Gasteiger partial charge is 0.339 e. The number of carbonyl (C=O) groups excluding carboxylic acids is 2. The summed E-state index contributed by atoms with van der Waals surface area (Å²) in [6.07, 6.45) is 2.84. The molecule has 0 fully saturated rings. The first-order valence-electron chi connectivity index (χ1n) is 8.21. The van der Waals surface area contributed by atoms with Crippen LogP contribution in [0.3, 0.4) is 0 Å². The van der Waals surface area contributed by atoms with Crippen molar-refractivity contribution in [3.63, 3.8) is 0 Å². The van der Waals surface area contributed by atoms with Crippen LogP contribution in [0.1, 0.15) is 26.3 Å². The van der Waals surface area contributed by atoms with Crippen molar-refractivity contribution in [2.24, 2.45) is 0 Å². The van der Waals surface area contributed by atoms with E-state index in [1.54, 1.807) is 24.3 Å². The van der Waals surface area contributed by atoms with Gasteiger partial charge in [0.2, 0.25) is 5.95 Å². The summed E-state index contributed by atoms with van der Waals surface area (Å²) in [7, 11) is 1.29. The number of hydrogen-bond acceptors (Lipinski definition) is 6. The number of benzene rings is 2. The van der Waals surface area contributed by atoms with E-state index in [0.717, 1.165) is 11.3 Å². The number of amides is 1. The molecule has 0 aliphatic rings. The minimum Gasteiger partial charge on any atom is -0.465 e. The molecule has 0 spiro atoms. The van der Waals surface area contributed by atoms with E-state index in [9.17, 15) is 9.59 Å². The Morgan fingerprint density at radius 1 is 1.00 bits per heavy atom. The van der Waals surface area contributed by atoms with Crippen LogP contribution in [0.15, 0.2) is 60.9 Å². The predicted molar refractivity (Wildman–Crippen MR) is 102 cm³/mol. The van der Waals surface area contributed by atoms with Gasteiger partial charge in [-0.25, -0.2) is 14.8 Å². The molecule has 2 N–H and O–H groups in total. The summed E-state index contributed by atoms with van der Waals surface area (Å²) in [4.78, 5) is 32.5. The number of carbonyl (C=O) groups is 2. The molecule has 136 valence electrons. The second-order valence-corrected chi connectivity index (χ2v) is 5.78. The molecule has 0 bridgehead atoms. The molecule has 1 amide bonds. The Bertz CT molecular complexity index is 971. The first-order valence-corrected chi connectivity index (χ1v) is 8.21. The molecule has 27 heavy (non-hydrogen) atoms. The zero-order chi connectivity index (χ0) is 19.2. The highest BCUT2D eigenvalue weighted by molar-refractivity contribution is 6.07. The molecule has 0 aliphatic carbocycles. The molecule has 0 saturated heterocycles. The summed E-state index contributed by atoms with van der Waals surface area (Å²) in [6.45, 7) is 1.99. The molecule has 0 saturated carbocycles. The van der Waals surface area contributed by atoms with Gasteiger partial charge in [0.1, 0.15) is 0 Å². The van der Waals surface area contributed by atoms with Crippen LogP contribution in [-0.2, 0) is 4.74 Å². The number of nitrogens with zero attached hydrogens (tertiary/aromatic N) is 2. The predicted octanol–water partition coefficient (Wildman–Crippen LogP) is 3.57. The van der Waals surface area contributed by atoms with Crippen LogP contribution in [0, 0.1) is 6.92 Å². The summed E-state index contributed by atoms with van der Waals surface area (Å²) >= 11 is 0. The third-order valence-corrected chi connectivity index (χ3v) is 3.77. The van der Waals surface area contributed by atoms with Crippen LogP contribution in [0.25, 0.3) is 0 Å². The Kier molecular flexibility index (Phi) is 5.41. The van der Waals surface area contributed by atoms with E-state index in [1.807, 2.05) is 31.2 Å². The number of nitrogens with one attached hydrogen (secondary N) is 2. The first-order chi connectivity index (χ1) is 13.1. The van der Waals surface area contributed by atoms with Gasteiger partial charge in [0.05, 0.1) is 23.9 Å². The number of esters is 1. The summed E-state index contributed by atoms with van der Waals surface area (Å²) in [6, 6.07) is 14.4. The van der Waals surface area contributed by atoms with Crippen LogP contribution < -0.4 is 10.6 Å². The SMILES string of the molecule is COC(=O)c1ccccc1NC(=O)c1cnc(Nc2cccc(C)c2)nc1. The highest BCUT2D eigenvalue weighted by Gasteiger charge is 2.14. The van der Waals surface area contributed by atoms with E-state index in [4.69, 9.17) is 4.74 Å². The van der Waals surface area contributed by atoms with Gasteiger partial charge in [-0.15, -0.1) is 0 Å². The molecule has 1 heterocycles. The van der Waals surface area contributed by atoms with Gasteiger partial charge in [0.15, 0.2) is 0 Å². The van der Waals surface area contributed by atoms with Crippen LogP contribution in [0.5, 0.6) is 0 Å². The molecule has 3 rings (SSSR count). The average molecular weight is 362 g/mol. The summed E-state index contributed by atoms with van der Waals surface area (Å²) in [5.41, 5.74) is 2.87. The van der Waals surface area contributed by atoms with E-state index >= 15 is 0 Å². The quantitative estimate of drug-likeness (QED) is 0.674. The normalized spacial score (nSPS) is 10.1. The zero-order valence-corrected chi connectivity index (χ0v) is 14.9. The lowest BCUT2D eigenvalue weighted by molar-refractivity contribution is 0.0602. The average Bonchev–Trinajstić information content (AvgIpc) is 2.68. The minimum absolute atomic E-state index is 0.268. The van der Waals surface area contributed by atoms with Gasteiger partial charge in [-0.2, -0.15) is 0 Å². The fourth-order valence-electron chi connectivity index (χ4n) is 2.44. The Hall–Kier alpha value is -3.74. The third-order valence-electron chi connectivity index (χ3n) is 3.77. The Morgan fingerprint density at radius 3 is 2.44 bits per heavy atom. The molecule has 3 aromatic rings. The topological polar surface area (TPSA) is 93.2 Å². The Labute approximate surface area is 156 Å². The van der Waals surface area contributed by atoms with E-state index < -0.39 is 11.9 Å². The maximum Gasteiger partial charge on any atom is 0.339 e. The molecular formula is C20H18N4O3. The molecule has 2 aromatic carbocycles. The lowest BCUT2D eigenvalue weighted by atomic mass is 10.1. The van der Waals surface area contributed by atoms with Crippen LogP contribution in [0.4, 0.5) is 17.3 Å². The highest BCUT2D eigenvalue weighted by Crippen LogP contribution is 2.18. The van der Waals surface area contributed by atoms with E-state index in [1.165, 1.54) is 19.5 Å². The molecular weight excluding hydrogens is 344 g/mol. The van der Waals surface area contributed by atoms with Crippen molar-refractivity contribution in [1.82, 2.24) is 9.97 Å². The van der Waals surface area contributed by atoms with Gasteiger partial charge in [-0.1, -0.05) is 24.3 Å². The number of aryl methyl sites for hydroxylation is 1. The van der Waals surface area contributed by atoms with Crippen molar-refractivity contribution in [3.8, 4) is 0 Å². The van der Waals surface area contributed by atoms with Crippen molar-refractivity contribution in [3.05, 3.63) is 77.6 Å². The van der Waals surface area contributed by atoms with Crippen LogP contribution >= 0.6 is 0 Å². The van der Waals surface area contributed by atoms with Gasteiger partial charge in [0, 0.05) is 18.1 Å². The molecule has 0 radical (unpaired) electrons. The number of anilines is 3. The molecule has 0 atom stereocenters. The lowest BCUT2D eigenvalue weighted by Crippen LogP contribution is -2.16. The molecule has 1 aromatic heterocycles. The van der Waals surface area contributed by atoms with Crippen molar-refractivity contribution >= 4 is 29.2 Å². The largest absolute Gasteiger partial charge is 0.465 e. The van der Waals surface area contributed by atoms with Gasteiger partial charge in [-0.3, -0.25) is 4.79 Å². The maximum atomic E-state index is 12.4. The second-order valence-electron chi connectivity index (χ2n) is 5.78. The van der Waals surface area contributed by atoms with Crippen molar-refractivity contribution in [2.75, 3.05) is 17.7 Å².